The maximum absolute atomic E-state index is 12.5. The van der Waals surface area contributed by atoms with E-state index < -0.39 is 24.0 Å². The molecule has 6 heteroatoms. The average molecular weight is 408 g/mol. The van der Waals surface area contributed by atoms with Gasteiger partial charge in [-0.1, -0.05) is 41.9 Å². The summed E-state index contributed by atoms with van der Waals surface area (Å²) in [6.07, 6.45) is 2.03. The van der Waals surface area contributed by atoms with Crippen LogP contribution in [0.5, 0.6) is 0 Å². The third kappa shape index (κ3) is 5.59. The maximum atomic E-state index is 12.5. The van der Waals surface area contributed by atoms with Gasteiger partial charge in [-0.15, -0.1) is 0 Å². The molecular weight excluding hydrogens is 390 g/mol. The van der Waals surface area contributed by atoms with Crippen LogP contribution >= 0.6 is 11.6 Å². The first-order valence-electron chi connectivity index (χ1n) is 8.98. The van der Waals surface area contributed by atoms with Crippen LogP contribution in [0.1, 0.15) is 39.2 Å². The molecule has 29 heavy (non-hydrogen) atoms. The van der Waals surface area contributed by atoms with Gasteiger partial charge in [0.1, 0.15) is 0 Å². The lowest BCUT2D eigenvalue weighted by molar-refractivity contribution is -0.148. The number of rotatable bonds is 8. The summed E-state index contributed by atoms with van der Waals surface area (Å²) in [6, 6.07) is 18.4. The number of benzene rings is 2. The standard InChI is InChI=1S/C23H18ClNO4/c24-20-7-2-1-5-17(20)10-15-9-16(13-19-6-3-4-8-25-19)12-18(11-15)21(26)14-22(27)23(28)29/h1-9,11-12H,10,13-14H2,(H,28,29). The second-order valence-corrected chi connectivity index (χ2v) is 7.04. The number of hydrogen-bond acceptors (Lipinski definition) is 4. The van der Waals surface area contributed by atoms with Crippen LogP contribution < -0.4 is 0 Å². The van der Waals surface area contributed by atoms with Crippen molar-refractivity contribution in [2.75, 3.05) is 0 Å². The van der Waals surface area contributed by atoms with E-state index in [4.69, 9.17) is 16.7 Å². The van der Waals surface area contributed by atoms with Crippen LogP contribution in [0.25, 0.3) is 0 Å². The third-order valence-corrected chi connectivity index (χ3v) is 4.77. The molecular formula is C23H18ClNO4. The molecule has 0 bridgehead atoms. The zero-order valence-electron chi connectivity index (χ0n) is 15.5. The van der Waals surface area contributed by atoms with Crippen LogP contribution in [0.2, 0.25) is 5.02 Å². The van der Waals surface area contributed by atoms with E-state index in [1.165, 1.54) is 0 Å². The summed E-state index contributed by atoms with van der Waals surface area (Å²) >= 11 is 6.26. The molecule has 3 rings (SSSR count). The Morgan fingerprint density at radius 3 is 2.24 bits per heavy atom. The Hall–Kier alpha value is -3.31. The highest BCUT2D eigenvalue weighted by molar-refractivity contribution is 6.37. The second-order valence-electron chi connectivity index (χ2n) is 6.63. The van der Waals surface area contributed by atoms with Gasteiger partial charge in [-0.3, -0.25) is 14.6 Å². The summed E-state index contributed by atoms with van der Waals surface area (Å²) in [5.41, 5.74) is 3.73. The topological polar surface area (TPSA) is 84.3 Å². The Morgan fingerprint density at radius 1 is 0.897 bits per heavy atom. The molecule has 0 aliphatic heterocycles. The minimum absolute atomic E-state index is 0.301. The molecule has 1 heterocycles. The molecule has 0 unspecified atom stereocenters. The molecule has 0 spiro atoms. The Kier molecular flexibility index (Phi) is 6.52. The predicted octanol–water partition coefficient (Wildman–Crippen LogP) is 4.14. The Labute approximate surface area is 173 Å². The number of carboxylic acids is 1. The van der Waals surface area contributed by atoms with E-state index in [9.17, 15) is 14.4 Å². The van der Waals surface area contributed by atoms with Gasteiger partial charge in [-0.25, -0.2) is 4.79 Å². The first-order chi connectivity index (χ1) is 13.9. The molecule has 1 aromatic heterocycles. The van der Waals surface area contributed by atoms with E-state index >= 15 is 0 Å². The van der Waals surface area contributed by atoms with Gasteiger partial charge in [0.25, 0.3) is 0 Å². The molecule has 0 atom stereocenters. The van der Waals surface area contributed by atoms with Crippen molar-refractivity contribution >= 4 is 29.1 Å². The summed E-state index contributed by atoms with van der Waals surface area (Å²) in [4.78, 5) is 39.1. The number of carbonyl (C=O) groups is 3. The average Bonchev–Trinajstić information content (AvgIpc) is 2.70. The molecule has 0 fully saturated rings. The number of aromatic nitrogens is 1. The molecule has 5 nitrogen and oxygen atoms in total. The molecule has 0 amide bonds. The number of aliphatic carboxylic acids is 1. The van der Waals surface area contributed by atoms with E-state index in [1.807, 2.05) is 42.5 Å². The van der Waals surface area contributed by atoms with Crippen molar-refractivity contribution in [2.45, 2.75) is 19.3 Å². The van der Waals surface area contributed by atoms with Crippen molar-refractivity contribution in [1.29, 1.82) is 0 Å². The zero-order valence-corrected chi connectivity index (χ0v) is 16.2. The molecule has 2 aromatic carbocycles. The normalized spacial score (nSPS) is 10.5. The highest BCUT2D eigenvalue weighted by Crippen LogP contribution is 2.22. The van der Waals surface area contributed by atoms with Crippen molar-refractivity contribution in [3.05, 3.63) is 99.8 Å². The van der Waals surface area contributed by atoms with Crippen molar-refractivity contribution in [3.8, 4) is 0 Å². The SMILES string of the molecule is O=C(O)C(=O)CC(=O)c1cc(Cc2ccccn2)cc(Cc2ccccc2Cl)c1. The minimum atomic E-state index is -1.61. The zero-order chi connectivity index (χ0) is 20.8. The fourth-order valence-corrected chi connectivity index (χ4v) is 3.23. The smallest absolute Gasteiger partial charge is 0.372 e. The van der Waals surface area contributed by atoms with Gasteiger partial charge in [-0.2, -0.15) is 0 Å². The number of carbonyl (C=O) groups excluding carboxylic acids is 2. The van der Waals surface area contributed by atoms with Gasteiger partial charge >= 0.3 is 5.97 Å². The van der Waals surface area contributed by atoms with Crippen LogP contribution in [-0.2, 0) is 22.4 Å². The lowest BCUT2D eigenvalue weighted by atomic mass is 9.95. The summed E-state index contributed by atoms with van der Waals surface area (Å²) in [7, 11) is 0. The van der Waals surface area contributed by atoms with E-state index in [0.29, 0.717) is 23.4 Å². The number of Topliss-reactive ketones (excluding diaryl/α,β-unsaturated/α-hetero) is 2. The molecule has 3 aromatic rings. The van der Waals surface area contributed by atoms with Crippen molar-refractivity contribution in [2.24, 2.45) is 0 Å². The summed E-state index contributed by atoms with van der Waals surface area (Å²) in [6.45, 7) is 0. The number of carboxylic acid groups (broad SMARTS) is 1. The van der Waals surface area contributed by atoms with Crippen LogP contribution in [-0.4, -0.2) is 27.6 Å². The Balaban J connectivity index is 1.95. The van der Waals surface area contributed by atoms with E-state index in [2.05, 4.69) is 4.98 Å². The van der Waals surface area contributed by atoms with Crippen molar-refractivity contribution in [1.82, 2.24) is 4.98 Å². The first kappa shape index (κ1) is 20.4. The minimum Gasteiger partial charge on any atom is -0.475 e. The fraction of sp³-hybridized carbons (Fsp3) is 0.130. The van der Waals surface area contributed by atoms with Crippen LogP contribution in [0.3, 0.4) is 0 Å². The number of nitrogens with zero attached hydrogens (tertiary/aromatic N) is 1. The van der Waals surface area contributed by atoms with Gasteiger partial charge in [0.2, 0.25) is 5.78 Å². The Bertz CT molecular complexity index is 1060. The number of halogens is 1. The Morgan fingerprint density at radius 2 is 1.59 bits per heavy atom. The summed E-state index contributed by atoms with van der Waals surface area (Å²) < 4.78 is 0. The second kappa shape index (κ2) is 9.26. The molecule has 0 saturated carbocycles. The molecule has 146 valence electrons. The maximum Gasteiger partial charge on any atom is 0.372 e. The van der Waals surface area contributed by atoms with Gasteiger partial charge in [0.15, 0.2) is 5.78 Å². The molecule has 0 aliphatic carbocycles. The highest BCUT2D eigenvalue weighted by Gasteiger charge is 2.19. The van der Waals surface area contributed by atoms with Crippen LogP contribution in [0.4, 0.5) is 0 Å². The number of pyridine rings is 1. The van der Waals surface area contributed by atoms with Crippen LogP contribution in [0, 0.1) is 0 Å². The lowest BCUT2D eigenvalue weighted by Crippen LogP contribution is -2.17. The predicted molar refractivity (Wildman–Crippen MR) is 109 cm³/mol. The monoisotopic (exact) mass is 407 g/mol. The largest absolute Gasteiger partial charge is 0.475 e. The first-order valence-corrected chi connectivity index (χ1v) is 9.35. The lowest BCUT2D eigenvalue weighted by Gasteiger charge is -2.10. The molecule has 0 radical (unpaired) electrons. The van der Waals surface area contributed by atoms with Gasteiger partial charge in [0, 0.05) is 28.9 Å². The van der Waals surface area contributed by atoms with E-state index in [0.717, 1.165) is 22.4 Å². The van der Waals surface area contributed by atoms with Crippen molar-refractivity contribution < 1.29 is 19.5 Å². The summed E-state index contributed by atoms with van der Waals surface area (Å²) in [5.74, 6) is -3.27. The highest BCUT2D eigenvalue weighted by atomic mass is 35.5. The number of ketones is 2. The van der Waals surface area contributed by atoms with Gasteiger partial charge < -0.3 is 5.11 Å². The van der Waals surface area contributed by atoms with Crippen molar-refractivity contribution in [3.63, 3.8) is 0 Å². The van der Waals surface area contributed by atoms with Gasteiger partial charge in [-0.05, 0) is 53.4 Å². The quantitative estimate of drug-likeness (QED) is 0.344. The number of hydrogen-bond donors (Lipinski definition) is 1. The van der Waals surface area contributed by atoms with Gasteiger partial charge in [0.05, 0.1) is 6.42 Å². The van der Waals surface area contributed by atoms with Crippen LogP contribution in [0.15, 0.2) is 66.9 Å². The molecule has 1 N–H and O–H groups in total. The van der Waals surface area contributed by atoms with E-state index in [-0.39, 0.29) is 0 Å². The van der Waals surface area contributed by atoms with E-state index in [1.54, 1.807) is 24.4 Å². The summed E-state index contributed by atoms with van der Waals surface area (Å²) in [5, 5.41) is 9.40. The fourth-order valence-electron chi connectivity index (χ4n) is 3.02. The molecule has 0 aliphatic rings. The molecule has 0 saturated heterocycles. The third-order valence-electron chi connectivity index (χ3n) is 4.40.